The van der Waals surface area contributed by atoms with Crippen LogP contribution in [0.2, 0.25) is 0 Å². The van der Waals surface area contributed by atoms with Crippen molar-refractivity contribution in [1.29, 1.82) is 0 Å². The number of hydrogen-bond donors (Lipinski definition) is 0. The summed E-state index contributed by atoms with van der Waals surface area (Å²) >= 11 is 0. The first-order chi connectivity index (χ1) is 8.62. The lowest BCUT2D eigenvalue weighted by atomic mass is 10.2. The summed E-state index contributed by atoms with van der Waals surface area (Å²) < 4.78 is 20.5. The first-order valence-electron chi connectivity index (χ1n) is 5.54. The fraction of sp³-hybridized carbons (Fsp3) is 0.462. The predicted molar refractivity (Wildman–Crippen MR) is 66.4 cm³/mol. The molecule has 5 nitrogen and oxygen atoms in total. The Morgan fingerprint density at radius 1 is 1.11 bits per heavy atom. The molecule has 18 heavy (non-hydrogen) atoms. The average Bonchev–Trinajstić information content (AvgIpc) is 2.39. The molecular weight excluding hydrogens is 236 g/mol. The third-order valence-electron chi connectivity index (χ3n) is 2.39. The molecule has 0 aromatic heterocycles. The molecule has 1 aromatic rings. The fourth-order valence-electron chi connectivity index (χ4n) is 1.49. The van der Waals surface area contributed by atoms with Gasteiger partial charge in [0.1, 0.15) is 0 Å². The minimum Gasteiger partial charge on any atom is -0.493 e. The van der Waals surface area contributed by atoms with Crippen LogP contribution in [0.3, 0.4) is 0 Å². The average molecular weight is 254 g/mol. The maximum absolute atomic E-state index is 11.0. The summed E-state index contributed by atoms with van der Waals surface area (Å²) in [6.45, 7) is 2.14. The Balaban J connectivity index is 2.82. The van der Waals surface area contributed by atoms with Crippen molar-refractivity contribution >= 4 is 5.97 Å². The summed E-state index contributed by atoms with van der Waals surface area (Å²) in [5, 5.41) is 0. The highest BCUT2D eigenvalue weighted by Gasteiger charge is 2.13. The molecule has 0 spiro atoms. The van der Waals surface area contributed by atoms with Crippen LogP contribution in [0.5, 0.6) is 17.2 Å². The number of methoxy groups -OCH3 is 3. The molecule has 0 saturated carbocycles. The topological polar surface area (TPSA) is 54.0 Å². The van der Waals surface area contributed by atoms with Gasteiger partial charge in [0.2, 0.25) is 5.75 Å². The molecule has 0 aliphatic rings. The third-order valence-corrected chi connectivity index (χ3v) is 2.39. The van der Waals surface area contributed by atoms with E-state index < -0.39 is 0 Å². The molecule has 0 fully saturated rings. The van der Waals surface area contributed by atoms with E-state index in [4.69, 9.17) is 14.2 Å². The van der Waals surface area contributed by atoms with Gasteiger partial charge in [-0.3, -0.25) is 4.79 Å². The lowest BCUT2D eigenvalue weighted by molar-refractivity contribution is -0.141. The van der Waals surface area contributed by atoms with E-state index in [9.17, 15) is 4.79 Å². The van der Waals surface area contributed by atoms with E-state index in [2.05, 4.69) is 4.74 Å². The Kier molecular flexibility index (Phi) is 5.30. The predicted octanol–water partition coefficient (Wildman–Crippen LogP) is 1.95. The monoisotopic (exact) mass is 254 g/mol. The Morgan fingerprint density at radius 2 is 1.67 bits per heavy atom. The van der Waals surface area contributed by atoms with Crippen molar-refractivity contribution in [3.8, 4) is 17.2 Å². The summed E-state index contributed by atoms with van der Waals surface area (Å²) in [7, 11) is 4.46. The van der Waals surface area contributed by atoms with Crippen LogP contribution in [-0.2, 0) is 9.53 Å². The van der Waals surface area contributed by atoms with Gasteiger partial charge in [0.15, 0.2) is 11.5 Å². The first-order valence-corrected chi connectivity index (χ1v) is 5.54. The molecule has 0 aliphatic carbocycles. The van der Waals surface area contributed by atoms with Crippen LogP contribution in [0, 0.1) is 6.92 Å². The molecular formula is C13H18O5. The highest BCUT2D eigenvalue weighted by Crippen LogP contribution is 2.38. The lowest BCUT2D eigenvalue weighted by Crippen LogP contribution is -2.08. The van der Waals surface area contributed by atoms with Gasteiger partial charge in [-0.25, -0.2) is 0 Å². The normalized spacial score (nSPS) is 9.78. The van der Waals surface area contributed by atoms with Gasteiger partial charge in [-0.1, -0.05) is 0 Å². The summed E-state index contributed by atoms with van der Waals surface area (Å²) in [6, 6.07) is 3.69. The van der Waals surface area contributed by atoms with Crippen LogP contribution in [0.1, 0.15) is 12.0 Å². The number of rotatable bonds is 6. The number of aryl methyl sites for hydroxylation is 1. The van der Waals surface area contributed by atoms with Crippen molar-refractivity contribution in [2.45, 2.75) is 13.3 Å². The highest BCUT2D eigenvalue weighted by atomic mass is 16.5. The number of esters is 1. The van der Waals surface area contributed by atoms with Crippen LogP contribution in [0.15, 0.2) is 12.1 Å². The molecule has 1 rings (SSSR count). The largest absolute Gasteiger partial charge is 0.493 e. The van der Waals surface area contributed by atoms with Crippen molar-refractivity contribution in [2.24, 2.45) is 0 Å². The van der Waals surface area contributed by atoms with Crippen molar-refractivity contribution in [1.82, 2.24) is 0 Å². The molecule has 0 aliphatic heterocycles. The van der Waals surface area contributed by atoms with E-state index in [-0.39, 0.29) is 19.0 Å². The van der Waals surface area contributed by atoms with E-state index in [0.717, 1.165) is 5.56 Å². The quantitative estimate of drug-likeness (QED) is 0.726. The van der Waals surface area contributed by atoms with Crippen molar-refractivity contribution in [3.63, 3.8) is 0 Å². The molecule has 0 saturated heterocycles. The standard InChI is InChI=1S/C13H18O5/c1-9-7-10(15-2)13(11(8-9)16-3)18-6-5-12(14)17-4/h7-8H,5-6H2,1-4H3. The molecule has 0 radical (unpaired) electrons. The minimum atomic E-state index is -0.319. The number of carbonyl (C=O) groups is 1. The summed E-state index contributed by atoms with van der Waals surface area (Å²) in [6.07, 6.45) is 0.177. The molecule has 0 N–H and O–H groups in total. The molecule has 0 atom stereocenters. The molecule has 0 bridgehead atoms. The van der Waals surface area contributed by atoms with E-state index in [1.54, 1.807) is 14.2 Å². The Hall–Kier alpha value is -1.91. The van der Waals surface area contributed by atoms with Gasteiger partial charge in [0.25, 0.3) is 0 Å². The second-order valence-electron chi connectivity index (χ2n) is 3.67. The zero-order chi connectivity index (χ0) is 13.5. The SMILES string of the molecule is COC(=O)CCOc1c(OC)cc(C)cc1OC. The third kappa shape index (κ3) is 3.55. The Labute approximate surface area is 107 Å². The van der Waals surface area contributed by atoms with Gasteiger partial charge in [-0.15, -0.1) is 0 Å². The van der Waals surface area contributed by atoms with Gasteiger partial charge in [0.05, 0.1) is 34.4 Å². The second kappa shape index (κ2) is 6.74. The number of benzene rings is 1. The first kappa shape index (κ1) is 14.2. The number of hydrogen-bond acceptors (Lipinski definition) is 5. The van der Waals surface area contributed by atoms with Gasteiger partial charge in [0, 0.05) is 0 Å². The van der Waals surface area contributed by atoms with E-state index in [1.165, 1.54) is 7.11 Å². The molecule has 0 heterocycles. The Bertz CT molecular complexity index is 389. The Morgan fingerprint density at radius 3 is 2.11 bits per heavy atom. The smallest absolute Gasteiger partial charge is 0.308 e. The van der Waals surface area contributed by atoms with Crippen molar-refractivity contribution in [2.75, 3.05) is 27.9 Å². The van der Waals surface area contributed by atoms with E-state index in [1.807, 2.05) is 19.1 Å². The maximum Gasteiger partial charge on any atom is 0.308 e. The number of ether oxygens (including phenoxy) is 4. The van der Waals surface area contributed by atoms with Crippen LogP contribution in [0.25, 0.3) is 0 Å². The maximum atomic E-state index is 11.0. The molecule has 0 unspecified atom stereocenters. The summed E-state index contributed by atoms with van der Waals surface area (Å²) in [4.78, 5) is 11.0. The van der Waals surface area contributed by atoms with Crippen LogP contribution >= 0.6 is 0 Å². The summed E-state index contributed by atoms with van der Waals surface area (Å²) in [5.41, 5.74) is 1.00. The van der Waals surface area contributed by atoms with E-state index >= 15 is 0 Å². The lowest BCUT2D eigenvalue weighted by Gasteiger charge is -2.14. The molecule has 100 valence electrons. The van der Waals surface area contributed by atoms with Crippen molar-refractivity contribution in [3.05, 3.63) is 17.7 Å². The van der Waals surface area contributed by atoms with Gasteiger partial charge in [-0.05, 0) is 24.6 Å². The number of carbonyl (C=O) groups excluding carboxylic acids is 1. The summed E-state index contributed by atoms with van der Waals surface area (Å²) in [5.74, 6) is 1.34. The van der Waals surface area contributed by atoms with Crippen LogP contribution < -0.4 is 14.2 Å². The van der Waals surface area contributed by atoms with Gasteiger partial charge in [-0.2, -0.15) is 0 Å². The van der Waals surface area contributed by atoms with Gasteiger partial charge >= 0.3 is 5.97 Å². The van der Waals surface area contributed by atoms with Crippen LogP contribution in [-0.4, -0.2) is 33.9 Å². The highest BCUT2D eigenvalue weighted by molar-refractivity contribution is 5.69. The van der Waals surface area contributed by atoms with Crippen LogP contribution in [0.4, 0.5) is 0 Å². The fourth-order valence-corrected chi connectivity index (χ4v) is 1.49. The molecule has 1 aromatic carbocycles. The molecule has 5 heteroatoms. The minimum absolute atomic E-state index is 0.177. The molecule has 0 amide bonds. The second-order valence-corrected chi connectivity index (χ2v) is 3.67. The zero-order valence-electron chi connectivity index (χ0n) is 11.1. The van der Waals surface area contributed by atoms with Crippen molar-refractivity contribution < 1.29 is 23.7 Å². The van der Waals surface area contributed by atoms with Gasteiger partial charge < -0.3 is 18.9 Å². The van der Waals surface area contributed by atoms with E-state index in [0.29, 0.717) is 17.2 Å². The zero-order valence-corrected chi connectivity index (χ0v) is 11.1.